The third-order valence-electron chi connectivity index (χ3n) is 10.1. The van der Waals surface area contributed by atoms with Crippen LogP contribution in [0.4, 0.5) is 0 Å². The topological polar surface area (TPSA) is 18.5 Å². The first kappa shape index (κ1) is 38.6. The van der Waals surface area contributed by atoms with Crippen LogP contribution in [0.1, 0.15) is 115 Å². The van der Waals surface area contributed by atoms with Crippen LogP contribution < -0.4 is 0 Å². The van der Waals surface area contributed by atoms with Gasteiger partial charge in [0.25, 0.3) is 0 Å². The van der Waals surface area contributed by atoms with E-state index in [0.717, 1.165) is 0 Å². The number of rotatable bonds is 18. The van der Waals surface area contributed by atoms with Crippen LogP contribution in [0.3, 0.4) is 0 Å². The minimum atomic E-state index is -2.51. The van der Waals surface area contributed by atoms with Crippen molar-refractivity contribution < 1.29 is 8.85 Å². The van der Waals surface area contributed by atoms with Gasteiger partial charge in [-0.2, -0.15) is 0 Å². The Hall–Kier alpha value is 0.632. The molecular formula is C33H70O2Si2Sn. The molecule has 0 aliphatic carbocycles. The fourth-order valence-corrected chi connectivity index (χ4v) is 22.2. The molecule has 226 valence electrons. The molecule has 0 radical (unpaired) electrons. The van der Waals surface area contributed by atoms with Gasteiger partial charge in [-0.05, 0) is 0 Å². The standard InChI is InChI=1S/C21H43O2Si2.3C4H9.Sn/c1-14-15-17(2)18(3)19(23-25(12,13)21(7,8)9)16-22-24(10,11)20(4,5)6;3*1-3-4-2;/h15,18-19H,1,16H2,2-13H3;3*1,3-4H2,2H3;/b17-15+;;;;/t18-,19+;;;;/m1..../s1. The maximum absolute atomic E-state index is 7.14. The average molecular weight is 674 g/mol. The molecule has 5 heteroatoms. The first-order valence-electron chi connectivity index (χ1n) is 15.9. The van der Waals surface area contributed by atoms with Gasteiger partial charge in [-0.3, -0.25) is 0 Å². The summed E-state index contributed by atoms with van der Waals surface area (Å²) in [5, 5.41) is 0.373. The molecule has 0 saturated carbocycles. The fourth-order valence-electron chi connectivity index (χ4n) is 4.60. The zero-order chi connectivity index (χ0) is 30.0. The van der Waals surface area contributed by atoms with Crippen molar-refractivity contribution in [3.05, 3.63) is 21.8 Å². The Morgan fingerprint density at radius 1 is 0.789 bits per heavy atom. The third-order valence-corrected chi connectivity index (χ3v) is 34.6. The molecule has 0 fully saturated rings. The summed E-state index contributed by atoms with van der Waals surface area (Å²) < 4.78 is 19.9. The molecule has 0 saturated heterocycles. The molecule has 0 aliphatic rings. The van der Waals surface area contributed by atoms with Gasteiger partial charge in [0.05, 0.1) is 0 Å². The van der Waals surface area contributed by atoms with Crippen LogP contribution in [0.25, 0.3) is 0 Å². The van der Waals surface area contributed by atoms with Crippen molar-refractivity contribution in [1.82, 2.24) is 0 Å². The van der Waals surface area contributed by atoms with E-state index >= 15 is 0 Å². The fraction of sp³-hybridized carbons (Fsp3) is 0.879. The van der Waals surface area contributed by atoms with E-state index < -0.39 is 35.0 Å². The molecule has 0 rings (SSSR count). The second-order valence-electron chi connectivity index (χ2n) is 15.3. The van der Waals surface area contributed by atoms with E-state index in [1.54, 1.807) is 3.59 Å². The monoisotopic (exact) mass is 674 g/mol. The molecule has 0 aliphatic heterocycles. The molecule has 0 spiro atoms. The molecule has 0 unspecified atom stereocenters. The summed E-state index contributed by atoms with van der Waals surface area (Å²) in [6.07, 6.45) is 10.7. The van der Waals surface area contributed by atoms with Crippen LogP contribution in [0.5, 0.6) is 0 Å². The van der Waals surface area contributed by atoms with Crippen LogP contribution in [0, 0.1) is 5.92 Å². The molecule has 0 heterocycles. The molecule has 0 amide bonds. The van der Waals surface area contributed by atoms with E-state index in [0.29, 0.717) is 12.5 Å². The molecule has 0 N–H and O–H groups in total. The first-order chi connectivity index (χ1) is 17.2. The van der Waals surface area contributed by atoms with E-state index in [4.69, 9.17) is 15.4 Å². The van der Waals surface area contributed by atoms with Crippen LogP contribution in [-0.4, -0.2) is 47.7 Å². The summed E-state index contributed by atoms with van der Waals surface area (Å²) in [7, 11) is -3.82. The molecule has 0 bridgehead atoms. The van der Waals surface area contributed by atoms with Crippen LogP contribution in [0.15, 0.2) is 21.8 Å². The van der Waals surface area contributed by atoms with Gasteiger partial charge in [0.1, 0.15) is 0 Å². The van der Waals surface area contributed by atoms with Crippen LogP contribution >= 0.6 is 0 Å². The quantitative estimate of drug-likeness (QED) is 0.106. The predicted octanol–water partition coefficient (Wildman–Crippen LogP) is 11.9. The van der Waals surface area contributed by atoms with Crippen molar-refractivity contribution in [3.63, 3.8) is 0 Å². The van der Waals surface area contributed by atoms with Crippen molar-refractivity contribution in [3.8, 4) is 0 Å². The zero-order valence-corrected chi connectivity index (χ0v) is 33.7. The van der Waals surface area contributed by atoms with Crippen molar-refractivity contribution in [2.24, 2.45) is 5.92 Å². The van der Waals surface area contributed by atoms with E-state index in [1.165, 1.54) is 57.4 Å². The summed E-state index contributed by atoms with van der Waals surface area (Å²) >= 11 is -2.51. The Balaban J connectivity index is 6.29. The molecule has 2 nitrogen and oxygen atoms in total. The molecule has 0 aromatic heterocycles. The Labute approximate surface area is 247 Å². The Morgan fingerprint density at radius 2 is 1.18 bits per heavy atom. The van der Waals surface area contributed by atoms with Gasteiger partial charge in [-0.15, -0.1) is 0 Å². The molecule has 38 heavy (non-hydrogen) atoms. The van der Waals surface area contributed by atoms with Gasteiger partial charge in [-0.25, -0.2) is 0 Å². The van der Waals surface area contributed by atoms with E-state index in [9.17, 15) is 0 Å². The summed E-state index contributed by atoms with van der Waals surface area (Å²) in [4.78, 5) is 0. The molecule has 0 aromatic rings. The van der Waals surface area contributed by atoms with Gasteiger partial charge >= 0.3 is 249 Å². The third kappa shape index (κ3) is 11.9. The Kier molecular flexibility index (Phi) is 16.6. The van der Waals surface area contributed by atoms with E-state index in [-0.39, 0.29) is 16.2 Å². The number of unbranched alkanes of at least 4 members (excludes halogenated alkanes) is 3. The molecular weight excluding hydrogens is 603 g/mol. The number of hydrogen-bond donors (Lipinski definition) is 0. The van der Waals surface area contributed by atoms with Crippen molar-refractivity contribution >= 4 is 35.0 Å². The minimum absolute atomic E-state index is 0.0839. The summed E-state index contributed by atoms with van der Waals surface area (Å²) in [5.74, 6) is 0.318. The summed E-state index contributed by atoms with van der Waals surface area (Å²) in [6, 6.07) is 0. The van der Waals surface area contributed by atoms with Gasteiger partial charge in [0.15, 0.2) is 0 Å². The van der Waals surface area contributed by atoms with Gasteiger partial charge in [0, 0.05) is 0 Å². The SMILES string of the molecule is C=[C](/C=C(\C)[C@@H](C)[C@H](CO[Si](C)(C)C(C)(C)C)O[Si](C)(C)C(C)(C)C)[Sn]([CH2]CCC)([CH2]CCC)[CH2]CCC. The molecule has 2 atom stereocenters. The molecule has 0 aromatic carbocycles. The summed E-state index contributed by atoms with van der Waals surface area (Å²) in [6.45, 7) is 40.9. The normalized spacial score (nSPS) is 16.0. The van der Waals surface area contributed by atoms with Crippen molar-refractivity contribution in [2.75, 3.05) is 6.61 Å². The number of hydrogen-bond acceptors (Lipinski definition) is 2. The van der Waals surface area contributed by atoms with Gasteiger partial charge in [-0.1, -0.05) is 0 Å². The maximum atomic E-state index is 7.14. The predicted molar refractivity (Wildman–Crippen MR) is 182 cm³/mol. The van der Waals surface area contributed by atoms with Crippen LogP contribution in [-0.2, 0) is 8.85 Å². The number of allylic oxidation sites excluding steroid dienone is 2. The van der Waals surface area contributed by atoms with E-state index in [2.05, 4.69) is 108 Å². The van der Waals surface area contributed by atoms with E-state index in [1.807, 2.05) is 0 Å². The zero-order valence-electron chi connectivity index (χ0n) is 28.8. The average Bonchev–Trinajstić information content (AvgIpc) is 2.79. The Morgan fingerprint density at radius 3 is 1.53 bits per heavy atom. The van der Waals surface area contributed by atoms with Gasteiger partial charge < -0.3 is 0 Å². The first-order valence-corrected chi connectivity index (χ1v) is 29.2. The van der Waals surface area contributed by atoms with Crippen LogP contribution in [0.2, 0.25) is 49.6 Å². The summed E-state index contributed by atoms with van der Waals surface area (Å²) in [5.41, 5.74) is 1.45. The Bertz CT molecular complexity index is 706. The second kappa shape index (κ2) is 16.3. The van der Waals surface area contributed by atoms with Crippen molar-refractivity contribution in [2.45, 2.75) is 170 Å². The second-order valence-corrected chi connectivity index (χ2v) is 38.3. The van der Waals surface area contributed by atoms with Gasteiger partial charge in [0.2, 0.25) is 0 Å². The van der Waals surface area contributed by atoms with Crippen molar-refractivity contribution in [1.29, 1.82) is 0 Å².